The highest BCUT2D eigenvalue weighted by Crippen LogP contribution is 2.34. The summed E-state index contributed by atoms with van der Waals surface area (Å²) in [6.07, 6.45) is 6.78. The molecule has 0 unspecified atom stereocenters. The van der Waals surface area contributed by atoms with Gasteiger partial charge in [0.1, 0.15) is 18.0 Å². The third kappa shape index (κ3) is 6.61. The summed E-state index contributed by atoms with van der Waals surface area (Å²) in [7, 11) is 8.36. The molecule has 0 atom stereocenters. The number of hydrogen-bond donors (Lipinski definition) is 2. The van der Waals surface area contributed by atoms with Gasteiger partial charge in [-0.15, -0.1) is 0 Å². The number of aliphatic hydroxyl groups is 2. The van der Waals surface area contributed by atoms with E-state index in [-0.39, 0.29) is 12.4 Å². The first-order chi connectivity index (χ1) is 16.1. The first kappa shape index (κ1) is 26.9. The Hall–Kier alpha value is -3.31. The number of allylic oxidation sites excluding steroid dienone is 3. The lowest BCUT2D eigenvalue weighted by Crippen LogP contribution is -2.24. The van der Waals surface area contributed by atoms with E-state index in [1.54, 1.807) is 19.1 Å². The summed E-state index contributed by atoms with van der Waals surface area (Å²) >= 11 is 0. The van der Waals surface area contributed by atoms with E-state index in [9.17, 15) is 0 Å². The third-order valence-electron chi connectivity index (χ3n) is 5.94. The summed E-state index contributed by atoms with van der Waals surface area (Å²) < 4.78 is 4.11. The summed E-state index contributed by atoms with van der Waals surface area (Å²) in [6, 6.07) is 12.9. The van der Waals surface area contributed by atoms with E-state index in [1.807, 2.05) is 4.49 Å². The number of benzene rings is 1. The maximum atomic E-state index is 8.85. The van der Waals surface area contributed by atoms with Crippen LogP contribution in [0.3, 0.4) is 0 Å². The van der Waals surface area contributed by atoms with Gasteiger partial charge in [0.15, 0.2) is 0 Å². The van der Waals surface area contributed by atoms with Gasteiger partial charge in [0, 0.05) is 36.9 Å². The Kier molecular flexibility index (Phi) is 9.70. The molecule has 0 amide bonds. The Morgan fingerprint density at radius 1 is 1.15 bits per heavy atom. The zero-order valence-electron chi connectivity index (χ0n) is 21.3. The molecule has 4 nitrogen and oxygen atoms in total. The van der Waals surface area contributed by atoms with Crippen LogP contribution < -0.4 is 0 Å². The second kappa shape index (κ2) is 12.2. The molecule has 1 aromatic carbocycles. The van der Waals surface area contributed by atoms with Crippen molar-refractivity contribution in [3.05, 3.63) is 112 Å². The number of rotatable bonds is 5. The molecule has 2 aromatic rings. The van der Waals surface area contributed by atoms with Gasteiger partial charge in [0.05, 0.1) is 12.3 Å². The number of aliphatic hydroxyl groups excluding tert-OH is 2. The smallest absolute Gasteiger partial charge is 0.508 e. The van der Waals surface area contributed by atoms with E-state index in [4.69, 9.17) is 18.2 Å². The summed E-state index contributed by atoms with van der Waals surface area (Å²) in [5, 5.41) is 17.3. The Morgan fingerprint density at radius 2 is 1.79 bits per heavy atom. The SMILES string of the molecule is C=C(/C=C\C(O)=C/C)CO.[B][N+]1=C(C)C=C(C)/C(=C(\c2ccccc2)c2c(C)cc(C)n2C)C1. The molecule has 2 heterocycles. The average Bonchev–Trinajstić information content (AvgIpc) is 3.08. The van der Waals surface area contributed by atoms with E-state index in [1.165, 1.54) is 45.3 Å². The van der Waals surface area contributed by atoms with Gasteiger partial charge in [-0.3, -0.25) is 0 Å². The molecule has 34 heavy (non-hydrogen) atoms. The largest absolute Gasteiger partial charge is 0.580 e. The molecule has 1 aliphatic heterocycles. The molecule has 2 radical (unpaired) electrons. The highest BCUT2D eigenvalue weighted by molar-refractivity contribution is 6.04. The highest BCUT2D eigenvalue weighted by atomic mass is 16.3. The average molecular weight is 455 g/mol. The van der Waals surface area contributed by atoms with Crippen LogP contribution in [0.15, 0.2) is 89.8 Å². The third-order valence-corrected chi connectivity index (χ3v) is 5.94. The number of nitrogens with zero attached hydrogens (tertiary/aromatic N) is 2. The van der Waals surface area contributed by atoms with E-state index in [2.05, 4.69) is 88.4 Å². The van der Waals surface area contributed by atoms with E-state index >= 15 is 0 Å². The van der Waals surface area contributed by atoms with Gasteiger partial charge in [-0.05, 0) is 68.2 Å². The maximum Gasteiger partial charge on any atom is 0.580 e. The van der Waals surface area contributed by atoms with Crippen LogP contribution in [0.5, 0.6) is 0 Å². The predicted octanol–water partition coefficient (Wildman–Crippen LogP) is 5.51. The van der Waals surface area contributed by atoms with Crippen LogP contribution in [-0.2, 0) is 7.05 Å². The molecule has 0 saturated carbocycles. The normalized spacial score (nSPS) is 15.7. The fourth-order valence-corrected chi connectivity index (χ4v) is 3.87. The van der Waals surface area contributed by atoms with Crippen LogP contribution >= 0.6 is 0 Å². The van der Waals surface area contributed by atoms with E-state index in [0.717, 1.165) is 12.3 Å². The van der Waals surface area contributed by atoms with Crippen molar-refractivity contribution in [3.8, 4) is 0 Å². The zero-order valence-corrected chi connectivity index (χ0v) is 21.3. The van der Waals surface area contributed by atoms with Gasteiger partial charge < -0.3 is 19.3 Å². The molecule has 5 heteroatoms. The van der Waals surface area contributed by atoms with Gasteiger partial charge in [0.25, 0.3) is 0 Å². The van der Waals surface area contributed by atoms with Crippen molar-refractivity contribution in [1.82, 2.24) is 4.57 Å². The fourth-order valence-electron chi connectivity index (χ4n) is 3.87. The molecule has 176 valence electrons. The lowest BCUT2D eigenvalue weighted by atomic mass is 9.88. The minimum atomic E-state index is -0.0759. The monoisotopic (exact) mass is 455 g/mol. The molecule has 0 bridgehead atoms. The van der Waals surface area contributed by atoms with Crippen molar-refractivity contribution >= 4 is 19.3 Å². The Morgan fingerprint density at radius 3 is 2.32 bits per heavy atom. The molecule has 2 N–H and O–H groups in total. The minimum absolute atomic E-state index is 0.0759. The molecule has 0 saturated heterocycles. The van der Waals surface area contributed by atoms with Gasteiger partial charge in [-0.25, -0.2) is 0 Å². The molecular weight excluding hydrogens is 419 g/mol. The first-order valence-corrected chi connectivity index (χ1v) is 11.4. The van der Waals surface area contributed by atoms with Crippen LogP contribution in [0.4, 0.5) is 0 Å². The quantitative estimate of drug-likeness (QED) is 0.355. The first-order valence-electron chi connectivity index (χ1n) is 11.4. The van der Waals surface area contributed by atoms with Crippen LogP contribution in [0.25, 0.3) is 5.57 Å². The van der Waals surface area contributed by atoms with Crippen molar-refractivity contribution in [3.63, 3.8) is 0 Å². The summed E-state index contributed by atoms with van der Waals surface area (Å²) in [5.74, 6) is 0.176. The molecule has 3 rings (SSSR count). The molecule has 0 aliphatic carbocycles. The Bertz CT molecular complexity index is 1190. The maximum absolute atomic E-state index is 8.85. The zero-order chi connectivity index (χ0) is 25.4. The lowest BCUT2D eigenvalue weighted by molar-refractivity contribution is -0.363. The van der Waals surface area contributed by atoms with Crippen molar-refractivity contribution in [2.24, 2.45) is 7.05 Å². The molecule has 0 spiro atoms. The second-order valence-corrected chi connectivity index (χ2v) is 8.56. The summed E-state index contributed by atoms with van der Waals surface area (Å²) in [5.41, 5.74) is 10.6. The van der Waals surface area contributed by atoms with Gasteiger partial charge in [0.2, 0.25) is 0 Å². The number of aromatic nitrogens is 1. The van der Waals surface area contributed by atoms with Crippen LogP contribution in [0.2, 0.25) is 0 Å². The van der Waals surface area contributed by atoms with Gasteiger partial charge >= 0.3 is 7.98 Å². The Balaban J connectivity index is 0.000000347. The minimum Gasteiger partial charge on any atom is -0.508 e. The summed E-state index contributed by atoms with van der Waals surface area (Å²) in [4.78, 5) is 0. The molecule has 1 aromatic heterocycles. The van der Waals surface area contributed by atoms with Crippen molar-refractivity contribution in [1.29, 1.82) is 0 Å². The van der Waals surface area contributed by atoms with Crippen LogP contribution in [-0.4, -0.2) is 46.1 Å². The van der Waals surface area contributed by atoms with Gasteiger partial charge in [-0.2, -0.15) is 0 Å². The summed E-state index contributed by atoms with van der Waals surface area (Å²) in [6.45, 7) is 14.5. The van der Waals surface area contributed by atoms with Crippen molar-refractivity contribution in [2.75, 3.05) is 13.2 Å². The molecule has 1 aliphatic rings. The second-order valence-electron chi connectivity index (χ2n) is 8.56. The van der Waals surface area contributed by atoms with E-state index < -0.39 is 0 Å². The number of aryl methyl sites for hydroxylation is 2. The molecule has 0 fully saturated rings. The van der Waals surface area contributed by atoms with Crippen molar-refractivity contribution < 1.29 is 14.7 Å². The van der Waals surface area contributed by atoms with Crippen LogP contribution in [0.1, 0.15) is 43.3 Å². The van der Waals surface area contributed by atoms with Crippen molar-refractivity contribution in [2.45, 2.75) is 34.6 Å². The Labute approximate surface area is 205 Å². The van der Waals surface area contributed by atoms with Crippen LogP contribution in [0, 0.1) is 13.8 Å². The fraction of sp³-hybridized carbons (Fsp3) is 0.276. The standard InChI is InChI=1S/C21H24BN2.C8H12O2/c1-14-11-17(4)24(22)13-19(14)20(18-9-7-6-8-10-18)21-15(2)12-16(3)23(21)5;1-3-8(10)5-4-7(2)6-9/h6-12H,13H2,1-5H3;3-5,9-10H,2,6H2,1H3/q+1;/b;5-4-,8-3+. The topological polar surface area (TPSA) is 48.4 Å². The van der Waals surface area contributed by atoms with Gasteiger partial charge in [-0.1, -0.05) is 43.0 Å². The molecular formula is C29H36BN2O2+. The predicted molar refractivity (Wildman–Crippen MR) is 144 cm³/mol. The lowest BCUT2D eigenvalue weighted by Gasteiger charge is -2.21. The number of hydrogen-bond acceptors (Lipinski definition) is 2. The van der Waals surface area contributed by atoms with E-state index in [0.29, 0.717) is 5.57 Å². The highest BCUT2D eigenvalue weighted by Gasteiger charge is 2.24.